The van der Waals surface area contributed by atoms with E-state index in [1.54, 1.807) is 0 Å². The maximum atomic E-state index is 5.31. The van der Waals surface area contributed by atoms with Crippen molar-refractivity contribution >= 4 is 16.8 Å². The molecule has 0 saturated heterocycles. The van der Waals surface area contributed by atoms with Gasteiger partial charge in [0.15, 0.2) is 12.0 Å². The predicted molar refractivity (Wildman–Crippen MR) is 80.5 cm³/mol. The third-order valence-corrected chi connectivity index (χ3v) is 3.27. The minimum absolute atomic E-state index is 0.806. The zero-order chi connectivity index (χ0) is 13.8. The molecule has 102 valence electrons. The van der Waals surface area contributed by atoms with Crippen molar-refractivity contribution in [3.8, 4) is 0 Å². The Balaban J connectivity index is 1.61. The van der Waals surface area contributed by atoms with Crippen LogP contribution in [0.1, 0.15) is 11.1 Å². The summed E-state index contributed by atoms with van der Waals surface area (Å²) in [7, 11) is 1.93. The van der Waals surface area contributed by atoms with Gasteiger partial charge in [-0.05, 0) is 35.4 Å². The van der Waals surface area contributed by atoms with E-state index in [1.165, 1.54) is 17.5 Å². The number of nitrogens with one attached hydrogen (secondary N) is 2. The van der Waals surface area contributed by atoms with Crippen LogP contribution in [0.15, 0.2) is 53.3 Å². The molecule has 3 aromatic rings. The number of aromatic nitrogens is 1. The largest absolute Gasteiger partial charge is 0.443 e. The van der Waals surface area contributed by atoms with Crippen LogP contribution in [0.25, 0.3) is 11.1 Å². The Morgan fingerprint density at radius 1 is 1.05 bits per heavy atom. The molecule has 1 aromatic heterocycles. The number of nitrogens with zero attached hydrogens (tertiary/aromatic N) is 1. The molecule has 0 radical (unpaired) electrons. The van der Waals surface area contributed by atoms with E-state index < -0.39 is 0 Å². The second-order valence-corrected chi connectivity index (χ2v) is 4.71. The fourth-order valence-corrected chi connectivity index (χ4v) is 2.20. The molecule has 0 aliphatic carbocycles. The van der Waals surface area contributed by atoms with Gasteiger partial charge in [0.05, 0.1) is 0 Å². The minimum atomic E-state index is 0.806. The quantitative estimate of drug-likeness (QED) is 0.745. The number of hydrogen-bond donors (Lipinski definition) is 2. The zero-order valence-electron chi connectivity index (χ0n) is 11.4. The molecule has 0 spiro atoms. The molecule has 4 heteroatoms. The van der Waals surface area contributed by atoms with Crippen molar-refractivity contribution in [3.63, 3.8) is 0 Å². The molecule has 0 saturated carbocycles. The summed E-state index contributed by atoms with van der Waals surface area (Å²) in [6, 6.07) is 14.5. The summed E-state index contributed by atoms with van der Waals surface area (Å²) in [6.45, 7) is 1.64. The van der Waals surface area contributed by atoms with E-state index in [-0.39, 0.29) is 0 Å². The molecular formula is C16H17N3O. The first-order valence-corrected chi connectivity index (χ1v) is 6.65. The smallest absolute Gasteiger partial charge is 0.181 e. The summed E-state index contributed by atoms with van der Waals surface area (Å²) in [5, 5.41) is 6.58. The molecule has 0 fully saturated rings. The highest BCUT2D eigenvalue weighted by Crippen LogP contribution is 2.14. The number of oxazole rings is 1. The first-order valence-electron chi connectivity index (χ1n) is 6.65. The van der Waals surface area contributed by atoms with Gasteiger partial charge in [0, 0.05) is 25.8 Å². The lowest BCUT2D eigenvalue weighted by Crippen LogP contribution is -2.12. The number of benzene rings is 2. The Labute approximate surface area is 117 Å². The van der Waals surface area contributed by atoms with E-state index in [4.69, 9.17) is 4.42 Å². The van der Waals surface area contributed by atoms with Crippen molar-refractivity contribution in [1.82, 2.24) is 10.3 Å². The molecule has 0 unspecified atom stereocenters. The normalized spacial score (nSPS) is 10.8. The van der Waals surface area contributed by atoms with E-state index in [0.717, 1.165) is 29.9 Å². The fourth-order valence-electron chi connectivity index (χ4n) is 2.20. The van der Waals surface area contributed by atoms with Gasteiger partial charge in [-0.25, -0.2) is 4.98 Å². The number of fused-ring (bicyclic) bond motifs is 1. The Hall–Kier alpha value is -2.33. The van der Waals surface area contributed by atoms with Crippen molar-refractivity contribution < 1.29 is 4.42 Å². The van der Waals surface area contributed by atoms with Gasteiger partial charge in [-0.1, -0.05) is 18.2 Å². The Bertz CT molecular complexity index is 706. The van der Waals surface area contributed by atoms with Gasteiger partial charge >= 0.3 is 0 Å². The molecule has 1 heterocycles. The van der Waals surface area contributed by atoms with Crippen LogP contribution in [-0.4, -0.2) is 12.0 Å². The first-order chi connectivity index (χ1) is 9.85. The van der Waals surface area contributed by atoms with Gasteiger partial charge in [-0.2, -0.15) is 0 Å². The Morgan fingerprint density at radius 2 is 1.90 bits per heavy atom. The van der Waals surface area contributed by atoms with Crippen LogP contribution in [0.5, 0.6) is 0 Å². The lowest BCUT2D eigenvalue weighted by molar-refractivity contribution is 0.601. The van der Waals surface area contributed by atoms with Crippen molar-refractivity contribution in [2.45, 2.75) is 13.1 Å². The van der Waals surface area contributed by atoms with Crippen LogP contribution in [0.2, 0.25) is 0 Å². The summed E-state index contributed by atoms with van der Waals surface area (Å²) >= 11 is 0. The average Bonchev–Trinajstić information content (AvgIpc) is 2.95. The lowest BCUT2D eigenvalue weighted by atomic mass is 10.1. The Kier molecular flexibility index (Phi) is 3.65. The molecule has 0 bridgehead atoms. The monoisotopic (exact) mass is 267 g/mol. The molecule has 0 aliphatic rings. The van der Waals surface area contributed by atoms with E-state index in [0.29, 0.717) is 0 Å². The van der Waals surface area contributed by atoms with Gasteiger partial charge in [0.2, 0.25) is 0 Å². The summed E-state index contributed by atoms with van der Waals surface area (Å²) in [5.41, 5.74) is 5.32. The minimum Gasteiger partial charge on any atom is -0.443 e. The van der Waals surface area contributed by atoms with Crippen LogP contribution in [0, 0.1) is 0 Å². The van der Waals surface area contributed by atoms with Gasteiger partial charge in [-0.15, -0.1) is 0 Å². The first kappa shape index (κ1) is 12.7. The van der Waals surface area contributed by atoms with Crippen molar-refractivity contribution in [3.05, 3.63) is 60.0 Å². The molecule has 0 aliphatic heterocycles. The SMILES string of the molecule is CNc1cccc(CNCc2ccc3ncoc3c2)c1. The highest BCUT2D eigenvalue weighted by Gasteiger charge is 2.00. The summed E-state index contributed by atoms with van der Waals surface area (Å²) in [5.74, 6) is 0. The number of rotatable bonds is 5. The van der Waals surface area contributed by atoms with Crippen LogP contribution >= 0.6 is 0 Å². The third-order valence-electron chi connectivity index (χ3n) is 3.27. The molecule has 20 heavy (non-hydrogen) atoms. The van der Waals surface area contributed by atoms with Crippen LogP contribution < -0.4 is 10.6 Å². The van der Waals surface area contributed by atoms with Crippen molar-refractivity contribution in [2.75, 3.05) is 12.4 Å². The average molecular weight is 267 g/mol. The van der Waals surface area contributed by atoms with Crippen LogP contribution in [-0.2, 0) is 13.1 Å². The highest BCUT2D eigenvalue weighted by atomic mass is 16.3. The second-order valence-electron chi connectivity index (χ2n) is 4.71. The standard InChI is InChI=1S/C16H17N3O/c1-17-14-4-2-3-12(7-14)9-18-10-13-5-6-15-16(8-13)20-11-19-15/h2-8,11,17-18H,9-10H2,1H3. The maximum absolute atomic E-state index is 5.31. The molecular weight excluding hydrogens is 250 g/mol. The van der Waals surface area contributed by atoms with Crippen molar-refractivity contribution in [1.29, 1.82) is 0 Å². The van der Waals surface area contributed by atoms with Gasteiger partial charge in [0.25, 0.3) is 0 Å². The highest BCUT2D eigenvalue weighted by molar-refractivity contribution is 5.72. The Morgan fingerprint density at radius 3 is 2.75 bits per heavy atom. The van der Waals surface area contributed by atoms with E-state index in [1.807, 2.05) is 19.2 Å². The third kappa shape index (κ3) is 2.81. The fraction of sp³-hybridized carbons (Fsp3) is 0.188. The summed E-state index contributed by atoms with van der Waals surface area (Å²) in [4.78, 5) is 4.11. The lowest BCUT2D eigenvalue weighted by Gasteiger charge is -2.07. The second kappa shape index (κ2) is 5.75. The molecule has 2 N–H and O–H groups in total. The van der Waals surface area contributed by atoms with E-state index >= 15 is 0 Å². The van der Waals surface area contributed by atoms with Gasteiger partial charge < -0.3 is 15.1 Å². The van der Waals surface area contributed by atoms with E-state index in [2.05, 4.69) is 45.9 Å². The van der Waals surface area contributed by atoms with Crippen molar-refractivity contribution in [2.24, 2.45) is 0 Å². The molecule has 0 atom stereocenters. The predicted octanol–water partition coefficient (Wildman–Crippen LogP) is 3.16. The molecule has 0 amide bonds. The van der Waals surface area contributed by atoms with E-state index in [9.17, 15) is 0 Å². The molecule has 3 rings (SSSR count). The van der Waals surface area contributed by atoms with Gasteiger partial charge in [0.1, 0.15) is 5.52 Å². The number of anilines is 1. The topological polar surface area (TPSA) is 50.1 Å². The van der Waals surface area contributed by atoms with Gasteiger partial charge in [-0.3, -0.25) is 0 Å². The maximum Gasteiger partial charge on any atom is 0.181 e. The summed E-state index contributed by atoms with van der Waals surface area (Å²) < 4.78 is 5.31. The summed E-state index contributed by atoms with van der Waals surface area (Å²) in [6.07, 6.45) is 1.48. The van der Waals surface area contributed by atoms with Crippen LogP contribution in [0.3, 0.4) is 0 Å². The molecule has 4 nitrogen and oxygen atoms in total. The number of hydrogen-bond acceptors (Lipinski definition) is 4. The zero-order valence-corrected chi connectivity index (χ0v) is 11.4. The molecule has 2 aromatic carbocycles. The van der Waals surface area contributed by atoms with Crippen LogP contribution in [0.4, 0.5) is 5.69 Å².